The molecule has 0 unspecified atom stereocenters. The lowest BCUT2D eigenvalue weighted by Crippen LogP contribution is -2.23. The Bertz CT molecular complexity index is 878. The van der Waals surface area contributed by atoms with Gasteiger partial charge in [0, 0.05) is 6.20 Å². The summed E-state index contributed by atoms with van der Waals surface area (Å²) in [5.74, 6) is -0.204. The Morgan fingerprint density at radius 3 is 2.75 bits per heavy atom. The summed E-state index contributed by atoms with van der Waals surface area (Å²) >= 11 is 12.0. The van der Waals surface area contributed by atoms with Crippen LogP contribution in [0.2, 0.25) is 10.0 Å². The molecule has 0 aliphatic carbocycles. The van der Waals surface area contributed by atoms with Gasteiger partial charge in [-0.25, -0.2) is 4.68 Å². The first kappa shape index (κ1) is 16.5. The first-order valence-electron chi connectivity index (χ1n) is 7.24. The van der Waals surface area contributed by atoms with Crippen molar-refractivity contribution < 1.29 is 4.79 Å². The molecular weight excluding hydrogens is 347 g/mol. The maximum Gasteiger partial charge on any atom is 0.255 e. The van der Waals surface area contributed by atoms with Crippen LogP contribution in [0, 0.1) is 6.92 Å². The third-order valence-corrected chi connectivity index (χ3v) is 4.30. The van der Waals surface area contributed by atoms with Crippen molar-refractivity contribution in [2.75, 3.05) is 0 Å². The molecule has 0 bridgehead atoms. The number of rotatable bonds is 4. The van der Waals surface area contributed by atoms with Gasteiger partial charge in [0.15, 0.2) is 0 Å². The summed E-state index contributed by atoms with van der Waals surface area (Å²) in [7, 11) is 0. The molecule has 0 fully saturated rings. The van der Waals surface area contributed by atoms with Crippen molar-refractivity contribution in [3.05, 3.63) is 75.8 Å². The highest BCUT2D eigenvalue weighted by atomic mass is 35.5. The van der Waals surface area contributed by atoms with Crippen LogP contribution in [0.5, 0.6) is 0 Å². The minimum absolute atomic E-state index is 0.204. The van der Waals surface area contributed by atoms with E-state index in [1.165, 1.54) is 6.20 Å². The quantitative estimate of drug-likeness (QED) is 0.769. The second-order valence-electron chi connectivity index (χ2n) is 5.16. The van der Waals surface area contributed by atoms with Gasteiger partial charge in [-0.05, 0) is 37.3 Å². The molecule has 1 N–H and O–H groups in total. The minimum Gasteiger partial charge on any atom is -0.346 e. The monoisotopic (exact) mass is 360 g/mol. The lowest BCUT2D eigenvalue weighted by atomic mass is 10.2. The molecule has 0 saturated heterocycles. The predicted molar refractivity (Wildman–Crippen MR) is 93.7 cm³/mol. The fourth-order valence-corrected chi connectivity index (χ4v) is 2.57. The van der Waals surface area contributed by atoms with Crippen LogP contribution in [0.15, 0.2) is 48.8 Å². The van der Waals surface area contributed by atoms with Crippen LogP contribution in [0.4, 0.5) is 0 Å². The number of amides is 1. The zero-order chi connectivity index (χ0) is 17.1. The molecule has 2 heterocycles. The van der Waals surface area contributed by atoms with E-state index in [0.717, 1.165) is 11.4 Å². The van der Waals surface area contributed by atoms with Gasteiger partial charge in [0.2, 0.25) is 0 Å². The zero-order valence-corrected chi connectivity index (χ0v) is 14.3. The predicted octanol–water partition coefficient (Wildman–Crippen LogP) is 3.81. The Balaban J connectivity index is 1.79. The SMILES string of the molecule is Cc1c(C(=O)NCc2ccccn2)cnn1-c1ccc(Cl)c(Cl)c1. The average molecular weight is 361 g/mol. The molecule has 0 saturated carbocycles. The standard InChI is InChI=1S/C17H14Cl2N4O/c1-11-14(17(24)21-9-12-4-2-3-7-20-12)10-22-23(11)13-5-6-15(18)16(19)8-13/h2-8,10H,9H2,1H3,(H,21,24). The Hall–Kier alpha value is -2.37. The fraction of sp³-hybridized carbons (Fsp3) is 0.118. The smallest absolute Gasteiger partial charge is 0.255 e. The fourth-order valence-electron chi connectivity index (χ4n) is 2.28. The zero-order valence-electron chi connectivity index (χ0n) is 12.8. The van der Waals surface area contributed by atoms with Gasteiger partial charge < -0.3 is 5.32 Å². The van der Waals surface area contributed by atoms with E-state index in [-0.39, 0.29) is 5.91 Å². The van der Waals surface area contributed by atoms with Crippen molar-refractivity contribution in [3.8, 4) is 5.69 Å². The third kappa shape index (κ3) is 3.42. The summed E-state index contributed by atoms with van der Waals surface area (Å²) in [6.45, 7) is 2.18. The molecule has 0 aliphatic heterocycles. The Morgan fingerprint density at radius 1 is 1.21 bits per heavy atom. The molecule has 5 nitrogen and oxygen atoms in total. The summed E-state index contributed by atoms with van der Waals surface area (Å²) in [5.41, 5.74) is 2.75. The van der Waals surface area contributed by atoms with Gasteiger partial charge in [0.1, 0.15) is 0 Å². The van der Waals surface area contributed by atoms with Crippen LogP contribution in [0.3, 0.4) is 0 Å². The maximum atomic E-state index is 12.4. The molecule has 3 rings (SSSR count). The number of benzene rings is 1. The van der Waals surface area contributed by atoms with Crippen molar-refractivity contribution in [1.82, 2.24) is 20.1 Å². The van der Waals surface area contributed by atoms with Crippen LogP contribution in [-0.4, -0.2) is 20.7 Å². The molecule has 3 aromatic rings. The summed E-state index contributed by atoms with van der Waals surface area (Å²) in [4.78, 5) is 16.5. The lowest BCUT2D eigenvalue weighted by Gasteiger charge is -2.07. The number of nitrogens with zero attached hydrogens (tertiary/aromatic N) is 3. The van der Waals surface area contributed by atoms with E-state index < -0.39 is 0 Å². The molecule has 0 radical (unpaired) electrons. The van der Waals surface area contributed by atoms with Crippen molar-refractivity contribution >= 4 is 29.1 Å². The Morgan fingerprint density at radius 2 is 2.04 bits per heavy atom. The minimum atomic E-state index is -0.204. The molecule has 1 amide bonds. The van der Waals surface area contributed by atoms with Gasteiger partial charge in [0.05, 0.1) is 45.4 Å². The molecule has 7 heteroatoms. The van der Waals surface area contributed by atoms with Gasteiger partial charge in [-0.2, -0.15) is 5.10 Å². The summed E-state index contributed by atoms with van der Waals surface area (Å²) in [6.07, 6.45) is 3.22. The van der Waals surface area contributed by atoms with Gasteiger partial charge in [-0.1, -0.05) is 29.3 Å². The van der Waals surface area contributed by atoms with E-state index in [2.05, 4.69) is 15.4 Å². The van der Waals surface area contributed by atoms with Crippen molar-refractivity contribution in [2.45, 2.75) is 13.5 Å². The van der Waals surface area contributed by atoms with Gasteiger partial charge in [0.25, 0.3) is 5.91 Å². The molecule has 0 aliphatic rings. The van der Waals surface area contributed by atoms with E-state index in [1.54, 1.807) is 29.1 Å². The van der Waals surface area contributed by atoms with E-state index >= 15 is 0 Å². The highest BCUT2D eigenvalue weighted by molar-refractivity contribution is 6.42. The molecule has 122 valence electrons. The topological polar surface area (TPSA) is 59.8 Å². The number of hydrogen-bond acceptors (Lipinski definition) is 3. The molecule has 0 spiro atoms. The Labute approximate surface area is 149 Å². The highest BCUT2D eigenvalue weighted by Crippen LogP contribution is 2.25. The summed E-state index contributed by atoms with van der Waals surface area (Å²) in [6, 6.07) is 10.8. The first-order valence-corrected chi connectivity index (χ1v) is 8.00. The number of hydrogen-bond donors (Lipinski definition) is 1. The number of aromatic nitrogens is 3. The molecule has 0 atom stereocenters. The van der Waals surface area contributed by atoms with Gasteiger partial charge in [-0.15, -0.1) is 0 Å². The van der Waals surface area contributed by atoms with E-state index in [9.17, 15) is 4.79 Å². The third-order valence-electron chi connectivity index (χ3n) is 3.56. The lowest BCUT2D eigenvalue weighted by molar-refractivity contribution is 0.0950. The second-order valence-corrected chi connectivity index (χ2v) is 5.97. The Kier molecular flexibility index (Phi) is 4.83. The molecule has 24 heavy (non-hydrogen) atoms. The van der Waals surface area contributed by atoms with Crippen molar-refractivity contribution in [3.63, 3.8) is 0 Å². The van der Waals surface area contributed by atoms with Gasteiger partial charge >= 0.3 is 0 Å². The number of carbonyl (C=O) groups excluding carboxylic acids is 1. The number of carbonyl (C=O) groups is 1. The number of nitrogens with one attached hydrogen (secondary N) is 1. The number of pyridine rings is 1. The van der Waals surface area contributed by atoms with E-state index in [0.29, 0.717) is 27.8 Å². The van der Waals surface area contributed by atoms with E-state index in [4.69, 9.17) is 23.2 Å². The summed E-state index contributed by atoms with van der Waals surface area (Å²) < 4.78 is 1.65. The van der Waals surface area contributed by atoms with Crippen LogP contribution < -0.4 is 5.32 Å². The maximum absolute atomic E-state index is 12.4. The second kappa shape index (κ2) is 7.03. The van der Waals surface area contributed by atoms with Crippen LogP contribution in [0.1, 0.15) is 21.7 Å². The largest absolute Gasteiger partial charge is 0.346 e. The first-order chi connectivity index (χ1) is 11.6. The molecular formula is C17H14Cl2N4O. The van der Waals surface area contributed by atoms with E-state index in [1.807, 2.05) is 25.1 Å². The number of halogens is 2. The normalized spacial score (nSPS) is 10.6. The average Bonchev–Trinajstić information content (AvgIpc) is 2.98. The van der Waals surface area contributed by atoms with Gasteiger partial charge in [-0.3, -0.25) is 9.78 Å². The van der Waals surface area contributed by atoms with Crippen LogP contribution >= 0.6 is 23.2 Å². The van der Waals surface area contributed by atoms with Crippen molar-refractivity contribution in [1.29, 1.82) is 0 Å². The molecule has 2 aromatic heterocycles. The van der Waals surface area contributed by atoms with Crippen LogP contribution in [0.25, 0.3) is 5.69 Å². The molecule has 1 aromatic carbocycles. The van der Waals surface area contributed by atoms with Crippen molar-refractivity contribution in [2.24, 2.45) is 0 Å². The highest BCUT2D eigenvalue weighted by Gasteiger charge is 2.15. The summed E-state index contributed by atoms with van der Waals surface area (Å²) in [5, 5.41) is 8.02. The van der Waals surface area contributed by atoms with Crippen LogP contribution in [-0.2, 0) is 6.54 Å².